The van der Waals surface area contributed by atoms with Crippen LogP contribution >= 0.6 is 22.6 Å². The summed E-state index contributed by atoms with van der Waals surface area (Å²) in [6.45, 7) is 5.57. The molecule has 0 saturated carbocycles. The minimum atomic E-state index is -0.973. The number of benzene rings is 1. The Kier molecular flexibility index (Phi) is 5.50. The van der Waals surface area contributed by atoms with E-state index in [-0.39, 0.29) is 11.8 Å². The molecule has 2 N–H and O–H groups in total. The molecular weight excluding hydrogens is 376 g/mol. The molecule has 110 valence electrons. The molecule has 0 bridgehead atoms. The normalized spacial score (nSPS) is 12.8. The van der Waals surface area contributed by atoms with Crippen LogP contribution in [0.15, 0.2) is 18.2 Å². The van der Waals surface area contributed by atoms with Gasteiger partial charge in [-0.05, 0) is 46.2 Å². The van der Waals surface area contributed by atoms with Crippen LogP contribution in [-0.4, -0.2) is 23.0 Å². The van der Waals surface area contributed by atoms with Gasteiger partial charge in [0.1, 0.15) is 5.82 Å². The molecule has 0 aliphatic carbocycles. The molecule has 0 aromatic heterocycles. The van der Waals surface area contributed by atoms with Gasteiger partial charge in [0.05, 0.1) is 12.0 Å². The highest BCUT2D eigenvalue weighted by Gasteiger charge is 2.29. The zero-order chi connectivity index (χ0) is 15.5. The van der Waals surface area contributed by atoms with E-state index in [9.17, 15) is 14.0 Å². The molecule has 1 amide bonds. The van der Waals surface area contributed by atoms with Crippen molar-refractivity contribution in [3.05, 3.63) is 33.1 Å². The molecule has 0 radical (unpaired) electrons. The molecular formula is C14H17FINO3. The van der Waals surface area contributed by atoms with Crippen LogP contribution in [0.4, 0.5) is 4.39 Å². The van der Waals surface area contributed by atoms with Crippen molar-refractivity contribution in [1.29, 1.82) is 0 Å². The van der Waals surface area contributed by atoms with Crippen molar-refractivity contribution in [3.8, 4) is 0 Å². The summed E-state index contributed by atoms with van der Waals surface area (Å²) >= 11 is 1.88. The first kappa shape index (κ1) is 16.9. The van der Waals surface area contributed by atoms with Gasteiger partial charge in [0.25, 0.3) is 5.91 Å². The maximum absolute atomic E-state index is 13.0. The largest absolute Gasteiger partial charge is 0.481 e. The van der Waals surface area contributed by atoms with Crippen LogP contribution in [0.3, 0.4) is 0 Å². The Morgan fingerprint density at radius 1 is 1.40 bits per heavy atom. The molecule has 0 fully saturated rings. The Balaban J connectivity index is 2.93. The lowest BCUT2D eigenvalue weighted by Gasteiger charge is -2.30. The van der Waals surface area contributed by atoms with Crippen molar-refractivity contribution in [2.45, 2.75) is 33.2 Å². The average molecular weight is 393 g/mol. The van der Waals surface area contributed by atoms with E-state index in [0.29, 0.717) is 9.13 Å². The lowest BCUT2D eigenvalue weighted by molar-refractivity contribution is -0.138. The average Bonchev–Trinajstić information content (AvgIpc) is 2.25. The number of carbonyl (C=O) groups is 2. The number of aliphatic carboxylic acids is 1. The van der Waals surface area contributed by atoms with E-state index in [0.717, 1.165) is 0 Å². The van der Waals surface area contributed by atoms with E-state index in [1.165, 1.54) is 18.2 Å². The smallest absolute Gasteiger partial charge is 0.305 e. The topological polar surface area (TPSA) is 66.4 Å². The fraction of sp³-hybridized carbons (Fsp3) is 0.429. The molecule has 1 aromatic rings. The molecule has 20 heavy (non-hydrogen) atoms. The van der Waals surface area contributed by atoms with Crippen LogP contribution in [0.1, 0.15) is 37.6 Å². The molecule has 0 saturated heterocycles. The highest BCUT2D eigenvalue weighted by Crippen LogP contribution is 2.23. The number of halogens is 2. The molecule has 1 rings (SSSR count). The number of rotatable bonds is 4. The quantitative estimate of drug-likeness (QED) is 0.773. The van der Waals surface area contributed by atoms with E-state index in [1.807, 2.05) is 43.4 Å². The van der Waals surface area contributed by atoms with Crippen LogP contribution in [0.2, 0.25) is 0 Å². The molecule has 0 aliphatic rings. The summed E-state index contributed by atoms with van der Waals surface area (Å²) < 4.78 is 13.5. The number of carboxylic acids is 1. The second-order valence-electron chi connectivity index (χ2n) is 5.61. The summed E-state index contributed by atoms with van der Waals surface area (Å²) in [4.78, 5) is 23.1. The van der Waals surface area contributed by atoms with Crippen molar-refractivity contribution in [2.75, 3.05) is 0 Å². The third kappa shape index (κ3) is 4.73. The highest BCUT2D eigenvalue weighted by molar-refractivity contribution is 14.1. The molecule has 0 aliphatic heterocycles. The zero-order valence-corrected chi connectivity index (χ0v) is 13.7. The summed E-state index contributed by atoms with van der Waals surface area (Å²) in [7, 11) is 0. The molecule has 4 nitrogen and oxygen atoms in total. The van der Waals surface area contributed by atoms with Crippen LogP contribution in [0.5, 0.6) is 0 Å². The van der Waals surface area contributed by atoms with Gasteiger partial charge in [0.15, 0.2) is 0 Å². The third-order valence-corrected chi connectivity index (χ3v) is 3.80. The van der Waals surface area contributed by atoms with Crippen LogP contribution in [-0.2, 0) is 4.79 Å². The van der Waals surface area contributed by atoms with Gasteiger partial charge in [0, 0.05) is 9.61 Å². The van der Waals surface area contributed by atoms with E-state index < -0.39 is 23.7 Å². The van der Waals surface area contributed by atoms with Crippen molar-refractivity contribution < 1.29 is 19.1 Å². The first-order valence-electron chi connectivity index (χ1n) is 6.09. The van der Waals surface area contributed by atoms with E-state index >= 15 is 0 Å². The van der Waals surface area contributed by atoms with Gasteiger partial charge < -0.3 is 10.4 Å². The van der Waals surface area contributed by atoms with Gasteiger partial charge in [-0.1, -0.05) is 20.8 Å². The Labute approximate surface area is 130 Å². The number of carbonyl (C=O) groups excluding carboxylic acids is 1. The van der Waals surface area contributed by atoms with Crippen molar-refractivity contribution >= 4 is 34.5 Å². The lowest BCUT2D eigenvalue weighted by Crippen LogP contribution is -2.45. The Hall–Kier alpha value is -1.18. The second-order valence-corrected chi connectivity index (χ2v) is 6.78. The number of carboxylic acid groups (broad SMARTS) is 1. The Morgan fingerprint density at radius 2 is 2.00 bits per heavy atom. The number of hydrogen-bond acceptors (Lipinski definition) is 2. The summed E-state index contributed by atoms with van der Waals surface area (Å²) in [5, 5.41) is 11.6. The standard InChI is InChI=1S/C14H17FINO3/c1-14(2,3)11(7-12(18)19)17-13(20)9-5-4-8(15)6-10(9)16/h4-6,11H,7H2,1-3H3,(H,17,20)(H,18,19). The van der Waals surface area contributed by atoms with Crippen molar-refractivity contribution in [3.63, 3.8) is 0 Å². The van der Waals surface area contributed by atoms with Gasteiger partial charge in [-0.25, -0.2) is 4.39 Å². The van der Waals surface area contributed by atoms with Crippen molar-refractivity contribution in [2.24, 2.45) is 5.41 Å². The molecule has 6 heteroatoms. The van der Waals surface area contributed by atoms with Gasteiger partial charge >= 0.3 is 5.97 Å². The first-order chi connectivity index (χ1) is 9.11. The highest BCUT2D eigenvalue weighted by atomic mass is 127. The monoisotopic (exact) mass is 393 g/mol. The van der Waals surface area contributed by atoms with Gasteiger partial charge in [-0.3, -0.25) is 9.59 Å². The minimum absolute atomic E-state index is 0.160. The second kappa shape index (κ2) is 6.51. The lowest BCUT2D eigenvalue weighted by atomic mass is 9.84. The fourth-order valence-electron chi connectivity index (χ4n) is 1.66. The third-order valence-electron chi connectivity index (χ3n) is 2.91. The summed E-state index contributed by atoms with van der Waals surface area (Å²) in [6, 6.07) is 3.36. The predicted molar refractivity (Wildman–Crippen MR) is 82.1 cm³/mol. The Bertz CT molecular complexity index is 526. The molecule has 1 unspecified atom stereocenters. The van der Waals surface area contributed by atoms with E-state index in [2.05, 4.69) is 5.32 Å². The van der Waals surface area contributed by atoms with Crippen LogP contribution in [0.25, 0.3) is 0 Å². The predicted octanol–water partition coefficient (Wildman–Crippen LogP) is 3.05. The SMILES string of the molecule is CC(C)(C)C(CC(=O)O)NC(=O)c1ccc(F)cc1I. The fourth-order valence-corrected chi connectivity index (χ4v) is 2.38. The number of amides is 1. The minimum Gasteiger partial charge on any atom is -0.481 e. The Morgan fingerprint density at radius 3 is 2.45 bits per heavy atom. The van der Waals surface area contributed by atoms with Gasteiger partial charge in [0.2, 0.25) is 0 Å². The van der Waals surface area contributed by atoms with Gasteiger partial charge in [-0.2, -0.15) is 0 Å². The number of nitrogens with one attached hydrogen (secondary N) is 1. The maximum Gasteiger partial charge on any atom is 0.305 e. The molecule has 0 heterocycles. The summed E-state index contributed by atoms with van der Waals surface area (Å²) in [5.74, 6) is -1.78. The van der Waals surface area contributed by atoms with Gasteiger partial charge in [-0.15, -0.1) is 0 Å². The van der Waals surface area contributed by atoms with E-state index in [4.69, 9.17) is 5.11 Å². The molecule has 1 atom stereocenters. The zero-order valence-electron chi connectivity index (χ0n) is 11.5. The maximum atomic E-state index is 13.0. The van der Waals surface area contributed by atoms with Crippen LogP contribution < -0.4 is 5.32 Å². The number of hydrogen-bond donors (Lipinski definition) is 2. The summed E-state index contributed by atoms with van der Waals surface area (Å²) in [5.41, 5.74) is -0.0499. The first-order valence-corrected chi connectivity index (χ1v) is 7.17. The van der Waals surface area contributed by atoms with Crippen LogP contribution in [0, 0.1) is 14.8 Å². The van der Waals surface area contributed by atoms with E-state index in [1.54, 1.807) is 0 Å². The summed E-state index contributed by atoms with van der Waals surface area (Å²) in [6.07, 6.45) is -0.160. The van der Waals surface area contributed by atoms with Crippen molar-refractivity contribution in [1.82, 2.24) is 5.32 Å². The molecule has 1 aromatic carbocycles. The molecule has 0 spiro atoms.